The molecular weight excluding hydrogens is 292 g/mol. The van der Waals surface area contributed by atoms with Crippen LogP contribution in [0.2, 0.25) is 5.02 Å². The van der Waals surface area contributed by atoms with E-state index in [2.05, 4.69) is 4.72 Å². The van der Waals surface area contributed by atoms with Gasteiger partial charge in [-0.15, -0.1) is 0 Å². The van der Waals surface area contributed by atoms with Gasteiger partial charge in [-0.3, -0.25) is 0 Å². The molecule has 1 N–H and O–H groups in total. The monoisotopic (exact) mass is 304 g/mol. The standard InChI is InChI=1S/C11H13ClN2O4S/c1-14-7-9(18-11(14)15)6-13-19(16,17)10-4-2-8(12)3-5-10/h2-5,9,13H,6-7H2,1H3. The van der Waals surface area contributed by atoms with Gasteiger partial charge in [0.2, 0.25) is 10.0 Å². The molecule has 1 saturated heterocycles. The van der Waals surface area contributed by atoms with Gasteiger partial charge in [-0.1, -0.05) is 11.6 Å². The number of likely N-dealkylation sites (N-methyl/N-ethyl adjacent to an activating group) is 1. The van der Waals surface area contributed by atoms with Gasteiger partial charge in [0.05, 0.1) is 11.4 Å². The van der Waals surface area contributed by atoms with E-state index in [1.54, 1.807) is 7.05 Å². The third kappa shape index (κ3) is 3.37. The Morgan fingerprint density at radius 2 is 2.05 bits per heavy atom. The maximum atomic E-state index is 12.0. The van der Waals surface area contributed by atoms with Crippen molar-refractivity contribution in [1.29, 1.82) is 0 Å². The van der Waals surface area contributed by atoms with Gasteiger partial charge in [-0.2, -0.15) is 0 Å². The summed E-state index contributed by atoms with van der Waals surface area (Å²) in [6, 6.07) is 5.83. The van der Waals surface area contributed by atoms with Gasteiger partial charge in [0, 0.05) is 18.6 Å². The molecule has 1 aliphatic rings. The molecule has 2 rings (SSSR count). The molecule has 0 bridgehead atoms. The van der Waals surface area contributed by atoms with E-state index in [4.69, 9.17) is 16.3 Å². The van der Waals surface area contributed by atoms with Crippen molar-refractivity contribution in [3.63, 3.8) is 0 Å². The smallest absolute Gasteiger partial charge is 0.410 e. The number of carbonyl (C=O) groups excluding carboxylic acids is 1. The molecule has 0 radical (unpaired) electrons. The lowest BCUT2D eigenvalue weighted by molar-refractivity contribution is 0.135. The van der Waals surface area contributed by atoms with Crippen molar-refractivity contribution in [2.45, 2.75) is 11.0 Å². The third-order valence-electron chi connectivity index (χ3n) is 2.68. The van der Waals surface area contributed by atoms with E-state index in [0.717, 1.165) is 0 Å². The van der Waals surface area contributed by atoms with Crippen LogP contribution in [0, 0.1) is 0 Å². The fraction of sp³-hybridized carbons (Fsp3) is 0.364. The van der Waals surface area contributed by atoms with Crippen molar-refractivity contribution in [2.24, 2.45) is 0 Å². The highest BCUT2D eigenvalue weighted by Crippen LogP contribution is 2.14. The molecule has 1 aromatic rings. The first-order chi connectivity index (χ1) is 8.88. The summed E-state index contributed by atoms with van der Waals surface area (Å²) in [7, 11) is -2.02. The van der Waals surface area contributed by atoms with Crippen molar-refractivity contribution in [1.82, 2.24) is 9.62 Å². The predicted octanol–water partition coefficient (Wildman–Crippen LogP) is 1.07. The largest absolute Gasteiger partial charge is 0.443 e. The Hall–Kier alpha value is -1.31. The second-order valence-electron chi connectivity index (χ2n) is 4.19. The lowest BCUT2D eigenvalue weighted by atomic mass is 10.4. The van der Waals surface area contributed by atoms with Crippen molar-refractivity contribution in [2.75, 3.05) is 20.1 Å². The Bertz CT molecular complexity index is 573. The molecule has 1 aliphatic heterocycles. The van der Waals surface area contributed by atoms with Gasteiger partial charge in [0.25, 0.3) is 0 Å². The molecule has 0 aromatic heterocycles. The molecule has 1 heterocycles. The van der Waals surface area contributed by atoms with E-state index >= 15 is 0 Å². The zero-order chi connectivity index (χ0) is 14.0. The van der Waals surface area contributed by atoms with Crippen molar-refractivity contribution >= 4 is 27.7 Å². The first-order valence-corrected chi connectivity index (χ1v) is 7.41. The molecule has 1 aromatic carbocycles. The lowest BCUT2D eigenvalue weighted by Gasteiger charge is -2.10. The first kappa shape index (κ1) is 14.1. The number of ether oxygens (including phenoxy) is 1. The van der Waals surface area contributed by atoms with Gasteiger partial charge in [-0.25, -0.2) is 17.9 Å². The average Bonchev–Trinajstić information content (AvgIpc) is 2.67. The molecule has 1 amide bonds. The fourth-order valence-corrected chi connectivity index (χ4v) is 2.85. The van der Waals surface area contributed by atoms with Crippen LogP contribution in [0.4, 0.5) is 4.79 Å². The number of sulfonamides is 1. The van der Waals surface area contributed by atoms with Crippen molar-refractivity contribution < 1.29 is 17.9 Å². The highest BCUT2D eigenvalue weighted by atomic mass is 35.5. The SMILES string of the molecule is CN1CC(CNS(=O)(=O)c2ccc(Cl)cc2)OC1=O. The van der Waals surface area contributed by atoms with Gasteiger partial charge < -0.3 is 9.64 Å². The second-order valence-corrected chi connectivity index (χ2v) is 6.40. The fourth-order valence-electron chi connectivity index (χ4n) is 1.66. The Morgan fingerprint density at radius 3 is 2.58 bits per heavy atom. The number of halogens is 1. The van der Waals surface area contributed by atoms with Crippen LogP contribution in [-0.4, -0.2) is 45.7 Å². The van der Waals surface area contributed by atoms with E-state index in [9.17, 15) is 13.2 Å². The van der Waals surface area contributed by atoms with Crippen LogP contribution in [0.25, 0.3) is 0 Å². The maximum Gasteiger partial charge on any atom is 0.410 e. The number of cyclic esters (lactones) is 1. The topological polar surface area (TPSA) is 75.7 Å². The summed E-state index contributed by atoms with van der Waals surface area (Å²) in [6.45, 7) is 0.406. The van der Waals surface area contributed by atoms with E-state index < -0.39 is 22.2 Å². The molecule has 0 aliphatic carbocycles. The van der Waals surface area contributed by atoms with E-state index in [1.165, 1.54) is 29.2 Å². The van der Waals surface area contributed by atoms with Gasteiger partial charge in [0.1, 0.15) is 6.10 Å². The van der Waals surface area contributed by atoms with Crippen molar-refractivity contribution in [3.8, 4) is 0 Å². The van der Waals surface area contributed by atoms with Crippen LogP contribution in [0.15, 0.2) is 29.2 Å². The van der Waals surface area contributed by atoms with Crippen molar-refractivity contribution in [3.05, 3.63) is 29.3 Å². The van der Waals surface area contributed by atoms with Gasteiger partial charge in [-0.05, 0) is 24.3 Å². The van der Waals surface area contributed by atoms with E-state index in [1.807, 2.05) is 0 Å². The van der Waals surface area contributed by atoms with Crippen LogP contribution >= 0.6 is 11.6 Å². The van der Waals surface area contributed by atoms with E-state index in [0.29, 0.717) is 11.6 Å². The van der Waals surface area contributed by atoms with Crippen LogP contribution < -0.4 is 4.72 Å². The maximum absolute atomic E-state index is 12.0. The minimum Gasteiger partial charge on any atom is -0.443 e. The molecule has 8 heteroatoms. The Labute approximate surface area is 116 Å². The highest BCUT2D eigenvalue weighted by molar-refractivity contribution is 7.89. The number of carbonyl (C=O) groups is 1. The summed E-state index contributed by atoms with van der Waals surface area (Å²) in [5.41, 5.74) is 0. The Morgan fingerprint density at radius 1 is 1.42 bits per heavy atom. The zero-order valence-electron chi connectivity index (χ0n) is 10.2. The molecular formula is C11H13ClN2O4S. The van der Waals surface area contributed by atoms with Crippen LogP contribution in [0.1, 0.15) is 0 Å². The number of benzene rings is 1. The number of amides is 1. The minimum absolute atomic E-state index is 0.0427. The quantitative estimate of drug-likeness (QED) is 0.903. The van der Waals surface area contributed by atoms with Gasteiger partial charge in [0.15, 0.2) is 0 Å². The van der Waals surface area contributed by atoms with Crippen LogP contribution in [0.3, 0.4) is 0 Å². The summed E-state index contributed by atoms with van der Waals surface area (Å²) >= 11 is 5.70. The predicted molar refractivity (Wildman–Crippen MR) is 69.5 cm³/mol. The Kier molecular flexibility index (Phi) is 3.98. The summed E-state index contributed by atoms with van der Waals surface area (Å²) in [6.07, 6.45) is -0.921. The number of nitrogens with one attached hydrogen (secondary N) is 1. The molecule has 19 heavy (non-hydrogen) atoms. The molecule has 0 spiro atoms. The van der Waals surface area contributed by atoms with Gasteiger partial charge >= 0.3 is 6.09 Å². The molecule has 1 unspecified atom stereocenters. The van der Waals surface area contributed by atoms with Crippen LogP contribution in [-0.2, 0) is 14.8 Å². The molecule has 104 valence electrons. The number of nitrogens with zero attached hydrogens (tertiary/aromatic N) is 1. The normalized spacial score (nSPS) is 19.6. The summed E-state index contributed by atoms with van der Waals surface area (Å²) < 4.78 is 31.3. The molecule has 6 nitrogen and oxygen atoms in total. The number of rotatable bonds is 4. The molecule has 1 atom stereocenters. The number of hydrogen-bond acceptors (Lipinski definition) is 4. The zero-order valence-corrected chi connectivity index (χ0v) is 11.7. The first-order valence-electron chi connectivity index (χ1n) is 5.55. The molecule has 1 fully saturated rings. The van der Waals surface area contributed by atoms with Crippen LogP contribution in [0.5, 0.6) is 0 Å². The second kappa shape index (κ2) is 5.36. The summed E-state index contributed by atoms with van der Waals surface area (Å²) in [4.78, 5) is 12.6. The third-order valence-corrected chi connectivity index (χ3v) is 4.37. The summed E-state index contributed by atoms with van der Waals surface area (Å²) in [5.74, 6) is 0. The highest BCUT2D eigenvalue weighted by Gasteiger charge is 2.29. The lowest BCUT2D eigenvalue weighted by Crippen LogP contribution is -2.34. The minimum atomic E-state index is -3.62. The number of hydrogen-bond donors (Lipinski definition) is 1. The summed E-state index contributed by atoms with van der Waals surface area (Å²) in [5, 5.41) is 0.463. The van der Waals surface area contributed by atoms with E-state index in [-0.39, 0.29) is 11.4 Å². The molecule has 0 saturated carbocycles. The average molecular weight is 305 g/mol. The Balaban J connectivity index is 1.99.